The third-order valence-corrected chi connectivity index (χ3v) is 3.74. The van der Waals surface area contributed by atoms with Gasteiger partial charge in [-0.15, -0.1) is 0 Å². The van der Waals surface area contributed by atoms with Crippen LogP contribution in [0.15, 0.2) is 30.3 Å². The van der Waals surface area contributed by atoms with Gasteiger partial charge in [-0.3, -0.25) is 0 Å². The molecule has 3 nitrogen and oxygen atoms in total. The fourth-order valence-corrected chi connectivity index (χ4v) is 2.45. The number of rotatable bonds is 5. The van der Waals surface area contributed by atoms with E-state index < -0.39 is 0 Å². The Bertz CT molecular complexity index is 641. The predicted octanol–water partition coefficient (Wildman–Crippen LogP) is 4.59. The lowest BCUT2D eigenvalue weighted by Gasteiger charge is -2.15. The Labute approximate surface area is 130 Å². The van der Waals surface area contributed by atoms with E-state index in [1.165, 1.54) is 11.1 Å². The molecule has 0 aliphatic rings. The minimum Gasteiger partial charge on any atom is -0.493 e. The molecule has 0 atom stereocenters. The Hall–Kier alpha value is -1.87. The lowest BCUT2D eigenvalue weighted by Crippen LogP contribution is -2.03. The Morgan fingerprint density at radius 2 is 1.62 bits per heavy atom. The summed E-state index contributed by atoms with van der Waals surface area (Å²) in [6, 6.07) is 9.85. The number of hydrogen-bond donors (Lipinski definition) is 1. The topological polar surface area (TPSA) is 30.5 Å². The monoisotopic (exact) mass is 305 g/mol. The van der Waals surface area contributed by atoms with Crippen LogP contribution in [0.3, 0.4) is 0 Å². The largest absolute Gasteiger partial charge is 0.493 e. The fraction of sp³-hybridized carbons (Fsp3) is 0.294. The Kier molecular flexibility index (Phi) is 4.97. The summed E-state index contributed by atoms with van der Waals surface area (Å²) in [6.07, 6.45) is 0. The molecule has 0 saturated carbocycles. The number of ether oxygens (including phenoxy) is 2. The van der Waals surface area contributed by atoms with Crippen LogP contribution in [-0.4, -0.2) is 14.2 Å². The van der Waals surface area contributed by atoms with E-state index in [1.807, 2.05) is 37.3 Å². The molecule has 0 saturated heterocycles. The third-order valence-electron chi connectivity index (χ3n) is 3.50. The summed E-state index contributed by atoms with van der Waals surface area (Å²) >= 11 is 5.98. The summed E-state index contributed by atoms with van der Waals surface area (Å²) < 4.78 is 10.6. The number of anilines is 1. The minimum atomic E-state index is 0.721. The van der Waals surface area contributed by atoms with E-state index in [9.17, 15) is 0 Å². The normalized spacial score (nSPS) is 10.3. The van der Waals surface area contributed by atoms with Gasteiger partial charge >= 0.3 is 0 Å². The van der Waals surface area contributed by atoms with Crippen molar-refractivity contribution in [1.29, 1.82) is 0 Å². The molecule has 2 rings (SSSR count). The van der Waals surface area contributed by atoms with Crippen molar-refractivity contribution in [2.45, 2.75) is 20.4 Å². The van der Waals surface area contributed by atoms with E-state index >= 15 is 0 Å². The lowest BCUT2D eigenvalue weighted by molar-refractivity contribution is 0.355. The highest BCUT2D eigenvalue weighted by atomic mass is 35.5. The van der Waals surface area contributed by atoms with Crippen LogP contribution in [0, 0.1) is 13.8 Å². The van der Waals surface area contributed by atoms with Gasteiger partial charge < -0.3 is 14.8 Å². The van der Waals surface area contributed by atoms with Crippen LogP contribution in [0.4, 0.5) is 5.69 Å². The van der Waals surface area contributed by atoms with Crippen molar-refractivity contribution >= 4 is 17.3 Å². The molecule has 0 bridgehead atoms. The molecule has 0 spiro atoms. The van der Waals surface area contributed by atoms with Crippen molar-refractivity contribution in [3.8, 4) is 11.5 Å². The molecule has 0 unspecified atom stereocenters. The van der Waals surface area contributed by atoms with Crippen molar-refractivity contribution in [3.63, 3.8) is 0 Å². The Balaban J connectivity index is 2.19. The minimum absolute atomic E-state index is 0.721. The highest BCUT2D eigenvalue weighted by Gasteiger charge is 2.08. The highest BCUT2D eigenvalue weighted by molar-refractivity contribution is 6.30. The zero-order valence-corrected chi connectivity index (χ0v) is 13.5. The lowest BCUT2D eigenvalue weighted by atomic mass is 10.1. The number of nitrogens with one attached hydrogen (secondary N) is 1. The first kappa shape index (κ1) is 15.5. The second kappa shape index (κ2) is 6.72. The first-order valence-electron chi connectivity index (χ1n) is 6.76. The summed E-state index contributed by atoms with van der Waals surface area (Å²) in [5.41, 5.74) is 4.53. The third kappa shape index (κ3) is 3.61. The van der Waals surface area contributed by atoms with Crippen LogP contribution >= 0.6 is 11.6 Å². The standard InChI is InChI=1S/C17H20ClNO2/c1-11-7-14(18)6-5-13(11)10-19-15-9-17(21-4)16(20-3)8-12(15)2/h5-9,19H,10H2,1-4H3. The van der Waals surface area contributed by atoms with E-state index in [0.717, 1.165) is 34.3 Å². The quantitative estimate of drug-likeness (QED) is 0.876. The van der Waals surface area contributed by atoms with E-state index in [-0.39, 0.29) is 0 Å². The predicted molar refractivity (Wildman–Crippen MR) is 87.8 cm³/mol. The zero-order valence-electron chi connectivity index (χ0n) is 12.8. The summed E-state index contributed by atoms with van der Waals surface area (Å²) in [6.45, 7) is 4.84. The molecule has 112 valence electrons. The fourth-order valence-electron chi connectivity index (χ4n) is 2.22. The Morgan fingerprint density at radius 1 is 0.952 bits per heavy atom. The van der Waals surface area contributed by atoms with Gasteiger partial charge in [-0.25, -0.2) is 0 Å². The molecule has 0 fully saturated rings. The number of benzene rings is 2. The van der Waals surface area contributed by atoms with Crippen molar-refractivity contribution < 1.29 is 9.47 Å². The first-order chi connectivity index (χ1) is 10.0. The molecule has 0 aromatic heterocycles. The smallest absolute Gasteiger partial charge is 0.162 e. The van der Waals surface area contributed by atoms with Crippen LogP contribution in [0.1, 0.15) is 16.7 Å². The van der Waals surface area contributed by atoms with Crippen molar-refractivity contribution in [1.82, 2.24) is 0 Å². The molecule has 21 heavy (non-hydrogen) atoms. The molecular formula is C17H20ClNO2. The van der Waals surface area contributed by atoms with Crippen LogP contribution in [0.5, 0.6) is 11.5 Å². The molecule has 1 N–H and O–H groups in total. The zero-order chi connectivity index (χ0) is 15.4. The molecule has 2 aromatic carbocycles. The summed E-state index contributed by atoms with van der Waals surface area (Å²) in [4.78, 5) is 0. The van der Waals surface area contributed by atoms with Gasteiger partial charge in [0, 0.05) is 23.3 Å². The molecular weight excluding hydrogens is 286 g/mol. The summed E-state index contributed by atoms with van der Waals surface area (Å²) in [5, 5.41) is 4.20. The van der Waals surface area contributed by atoms with Gasteiger partial charge in [0.05, 0.1) is 14.2 Å². The van der Waals surface area contributed by atoms with Gasteiger partial charge in [0.2, 0.25) is 0 Å². The molecule has 0 amide bonds. The number of hydrogen-bond acceptors (Lipinski definition) is 3. The van der Waals surface area contributed by atoms with Crippen molar-refractivity contribution in [3.05, 3.63) is 52.0 Å². The first-order valence-corrected chi connectivity index (χ1v) is 7.14. The van der Waals surface area contributed by atoms with E-state index in [2.05, 4.69) is 12.2 Å². The van der Waals surface area contributed by atoms with Crippen LogP contribution in [0.2, 0.25) is 5.02 Å². The Morgan fingerprint density at radius 3 is 2.24 bits per heavy atom. The maximum absolute atomic E-state index is 5.98. The summed E-state index contributed by atoms with van der Waals surface area (Å²) in [5.74, 6) is 1.46. The van der Waals surface area contributed by atoms with Gasteiger partial charge in [0.25, 0.3) is 0 Å². The van der Waals surface area contributed by atoms with Gasteiger partial charge in [-0.2, -0.15) is 0 Å². The molecule has 0 aliphatic heterocycles. The molecule has 0 heterocycles. The average Bonchev–Trinajstić information content (AvgIpc) is 2.47. The molecule has 0 radical (unpaired) electrons. The van der Waals surface area contributed by atoms with Crippen molar-refractivity contribution in [2.24, 2.45) is 0 Å². The number of halogens is 1. The highest BCUT2D eigenvalue weighted by Crippen LogP contribution is 2.33. The molecule has 0 aliphatic carbocycles. The van der Waals surface area contributed by atoms with E-state index in [0.29, 0.717) is 0 Å². The maximum Gasteiger partial charge on any atom is 0.162 e. The van der Waals surface area contributed by atoms with Gasteiger partial charge in [-0.05, 0) is 48.7 Å². The van der Waals surface area contributed by atoms with Crippen molar-refractivity contribution in [2.75, 3.05) is 19.5 Å². The second-order valence-electron chi connectivity index (χ2n) is 4.95. The van der Waals surface area contributed by atoms with Gasteiger partial charge in [-0.1, -0.05) is 17.7 Å². The summed E-state index contributed by atoms with van der Waals surface area (Å²) in [7, 11) is 3.28. The molecule has 4 heteroatoms. The van der Waals surface area contributed by atoms with Crippen LogP contribution in [0.25, 0.3) is 0 Å². The average molecular weight is 306 g/mol. The van der Waals surface area contributed by atoms with E-state index in [4.69, 9.17) is 21.1 Å². The number of methoxy groups -OCH3 is 2. The SMILES string of the molecule is COc1cc(C)c(NCc2ccc(Cl)cc2C)cc1OC. The second-order valence-corrected chi connectivity index (χ2v) is 5.38. The van der Waals surface area contributed by atoms with E-state index in [1.54, 1.807) is 14.2 Å². The maximum atomic E-state index is 5.98. The van der Waals surface area contributed by atoms with Gasteiger partial charge in [0.15, 0.2) is 11.5 Å². The van der Waals surface area contributed by atoms with Crippen LogP contribution < -0.4 is 14.8 Å². The molecule has 2 aromatic rings. The van der Waals surface area contributed by atoms with Crippen LogP contribution in [-0.2, 0) is 6.54 Å². The number of aryl methyl sites for hydroxylation is 2. The van der Waals surface area contributed by atoms with Gasteiger partial charge in [0.1, 0.15) is 0 Å².